The third-order valence-electron chi connectivity index (χ3n) is 3.79. The normalized spacial score (nSPS) is 21.0. The molecule has 0 radical (unpaired) electrons. The Hall–Kier alpha value is -0.120. The van der Waals surface area contributed by atoms with Gasteiger partial charge in [-0.25, -0.2) is 0 Å². The van der Waals surface area contributed by atoms with Gasteiger partial charge in [0.25, 0.3) is 0 Å². The first-order valence-corrected chi connectivity index (χ1v) is 7.15. The van der Waals surface area contributed by atoms with Gasteiger partial charge in [-0.2, -0.15) is 0 Å². The number of methoxy groups -OCH3 is 1. The Kier molecular flexibility index (Phi) is 7.09. The van der Waals surface area contributed by atoms with Gasteiger partial charge in [0.05, 0.1) is 6.61 Å². The van der Waals surface area contributed by atoms with Crippen LogP contribution in [0.4, 0.5) is 0 Å². The van der Waals surface area contributed by atoms with Crippen LogP contribution in [0.15, 0.2) is 0 Å². The molecule has 0 aromatic heterocycles. The number of nitrogens with zero attached hydrogens (tertiary/aromatic N) is 1. The lowest BCUT2D eigenvalue weighted by molar-refractivity contribution is 0.0463. The van der Waals surface area contributed by atoms with Gasteiger partial charge in [-0.3, -0.25) is 4.90 Å². The van der Waals surface area contributed by atoms with Crippen molar-refractivity contribution in [1.82, 2.24) is 10.2 Å². The molecule has 3 heteroatoms. The summed E-state index contributed by atoms with van der Waals surface area (Å²) in [6, 6.07) is 1.33. The van der Waals surface area contributed by atoms with Gasteiger partial charge in [0.2, 0.25) is 0 Å². The minimum Gasteiger partial charge on any atom is -0.383 e. The highest BCUT2D eigenvalue weighted by Crippen LogP contribution is 2.18. The van der Waals surface area contributed by atoms with E-state index in [0.717, 1.165) is 19.2 Å². The maximum Gasteiger partial charge on any atom is 0.0620 e. The molecule has 0 aliphatic carbocycles. The molecule has 1 saturated heterocycles. The van der Waals surface area contributed by atoms with E-state index >= 15 is 0 Å². The number of ether oxygens (including phenoxy) is 1. The first-order valence-electron chi connectivity index (χ1n) is 7.15. The van der Waals surface area contributed by atoms with Crippen LogP contribution in [0.1, 0.15) is 40.0 Å². The predicted octanol–water partition coefficient (Wildman–Crippen LogP) is 2.12. The van der Waals surface area contributed by atoms with Crippen LogP contribution >= 0.6 is 0 Å². The Bertz CT molecular complexity index is 189. The lowest BCUT2D eigenvalue weighted by Crippen LogP contribution is -2.50. The van der Waals surface area contributed by atoms with E-state index in [-0.39, 0.29) is 0 Å². The molecule has 0 aromatic rings. The summed E-state index contributed by atoms with van der Waals surface area (Å²) in [4.78, 5) is 2.61. The van der Waals surface area contributed by atoms with Crippen LogP contribution in [0.2, 0.25) is 0 Å². The SMILES string of the molecule is CCCNC1CCN(C(COC)C(C)C)CC1. The van der Waals surface area contributed by atoms with Crippen LogP contribution in [0.25, 0.3) is 0 Å². The van der Waals surface area contributed by atoms with Gasteiger partial charge in [-0.15, -0.1) is 0 Å². The Balaban J connectivity index is 2.33. The molecule has 1 heterocycles. The highest BCUT2D eigenvalue weighted by atomic mass is 16.5. The van der Waals surface area contributed by atoms with E-state index in [2.05, 4.69) is 31.0 Å². The standard InChI is InChI=1S/C14H30N2O/c1-5-8-15-13-6-9-16(10-7-13)14(11-17-4)12(2)3/h12-15H,5-11H2,1-4H3. The molecule has 1 fully saturated rings. The van der Waals surface area contributed by atoms with Crippen molar-refractivity contribution < 1.29 is 4.74 Å². The maximum atomic E-state index is 5.35. The summed E-state index contributed by atoms with van der Waals surface area (Å²) >= 11 is 0. The van der Waals surface area contributed by atoms with Crippen LogP contribution in [-0.2, 0) is 4.74 Å². The summed E-state index contributed by atoms with van der Waals surface area (Å²) < 4.78 is 5.35. The van der Waals surface area contributed by atoms with Crippen LogP contribution in [-0.4, -0.2) is 50.3 Å². The van der Waals surface area contributed by atoms with Gasteiger partial charge >= 0.3 is 0 Å². The van der Waals surface area contributed by atoms with Gasteiger partial charge in [0, 0.05) is 32.3 Å². The molecule has 1 unspecified atom stereocenters. The van der Waals surface area contributed by atoms with Crippen molar-refractivity contribution in [1.29, 1.82) is 0 Å². The summed E-state index contributed by atoms with van der Waals surface area (Å²) in [5, 5.41) is 3.63. The summed E-state index contributed by atoms with van der Waals surface area (Å²) in [7, 11) is 1.81. The number of likely N-dealkylation sites (tertiary alicyclic amines) is 1. The quantitative estimate of drug-likeness (QED) is 0.740. The molecule has 1 N–H and O–H groups in total. The Morgan fingerprint density at radius 3 is 2.41 bits per heavy atom. The van der Waals surface area contributed by atoms with Crippen molar-refractivity contribution in [3.63, 3.8) is 0 Å². The Morgan fingerprint density at radius 1 is 1.29 bits per heavy atom. The molecular weight excluding hydrogens is 212 g/mol. The average Bonchev–Trinajstić information content (AvgIpc) is 2.34. The van der Waals surface area contributed by atoms with Crippen molar-refractivity contribution in [2.24, 2.45) is 5.92 Å². The van der Waals surface area contributed by atoms with Crippen molar-refractivity contribution >= 4 is 0 Å². The fourth-order valence-electron chi connectivity index (χ4n) is 2.67. The molecule has 0 spiro atoms. The lowest BCUT2D eigenvalue weighted by Gasteiger charge is -2.39. The molecule has 0 amide bonds. The Morgan fingerprint density at radius 2 is 1.94 bits per heavy atom. The monoisotopic (exact) mass is 242 g/mol. The first kappa shape index (κ1) is 14.9. The second-order valence-electron chi connectivity index (χ2n) is 5.53. The van der Waals surface area contributed by atoms with Crippen molar-refractivity contribution in [3.8, 4) is 0 Å². The zero-order valence-corrected chi connectivity index (χ0v) is 12.0. The minimum atomic E-state index is 0.590. The second-order valence-corrected chi connectivity index (χ2v) is 5.53. The van der Waals surface area contributed by atoms with Crippen molar-refractivity contribution in [3.05, 3.63) is 0 Å². The molecule has 0 bridgehead atoms. The molecule has 0 aromatic carbocycles. The topological polar surface area (TPSA) is 24.5 Å². The number of nitrogens with one attached hydrogen (secondary N) is 1. The zero-order chi connectivity index (χ0) is 12.7. The largest absolute Gasteiger partial charge is 0.383 e. The predicted molar refractivity (Wildman–Crippen MR) is 73.4 cm³/mol. The fraction of sp³-hybridized carbons (Fsp3) is 1.00. The molecule has 1 rings (SSSR count). The highest BCUT2D eigenvalue weighted by Gasteiger charge is 2.26. The van der Waals surface area contributed by atoms with Crippen molar-refractivity contribution in [2.45, 2.75) is 52.1 Å². The zero-order valence-electron chi connectivity index (χ0n) is 12.0. The average molecular weight is 242 g/mol. The van der Waals surface area contributed by atoms with Crippen LogP contribution in [0, 0.1) is 5.92 Å². The number of hydrogen-bond acceptors (Lipinski definition) is 3. The molecule has 1 aliphatic heterocycles. The molecular formula is C14H30N2O. The van der Waals surface area contributed by atoms with Gasteiger partial charge < -0.3 is 10.1 Å². The molecule has 1 aliphatic rings. The van der Waals surface area contributed by atoms with Crippen molar-refractivity contribution in [2.75, 3.05) is 33.4 Å². The summed E-state index contributed by atoms with van der Waals surface area (Å²) in [5.74, 6) is 0.676. The van der Waals surface area contributed by atoms with E-state index in [9.17, 15) is 0 Å². The summed E-state index contributed by atoms with van der Waals surface area (Å²) in [6.07, 6.45) is 3.80. The fourth-order valence-corrected chi connectivity index (χ4v) is 2.67. The number of hydrogen-bond donors (Lipinski definition) is 1. The van der Waals surface area contributed by atoms with Gasteiger partial charge in [0.1, 0.15) is 0 Å². The molecule has 17 heavy (non-hydrogen) atoms. The Labute approximate surface area is 107 Å². The first-order chi connectivity index (χ1) is 8.19. The van der Waals surface area contributed by atoms with E-state index in [1.165, 1.54) is 32.4 Å². The van der Waals surface area contributed by atoms with E-state index < -0.39 is 0 Å². The number of piperidine rings is 1. The van der Waals surface area contributed by atoms with Crippen LogP contribution < -0.4 is 5.32 Å². The molecule has 1 atom stereocenters. The third kappa shape index (κ3) is 4.94. The van der Waals surface area contributed by atoms with E-state index in [1.54, 1.807) is 0 Å². The van der Waals surface area contributed by atoms with Gasteiger partial charge in [-0.05, 0) is 31.7 Å². The molecule has 0 saturated carbocycles. The van der Waals surface area contributed by atoms with E-state index in [1.807, 2.05) is 7.11 Å². The number of rotatable bonds is 7. The third-order valence-corrected chi connectivity index (χ3v) is 3.79. The molecule has 3 nitrogen and oxygen atoms in total. The highest BCUT2D eigenvalue weighted by molar-refractivity contribution is 4.82. The smallest absolute Gasteiger partial charge is 0.0620 e. The van der Waals surface area contributed by atoms with E-state index in [0.29, 0.717) is 12.0 Å². The van der Waals surface area contributed by atoms with Gasteiger partial charge in [0.15, 0.2) is 0 Å². The van der Waals surface area contributed by atoms with Gasteiger partial charge in [-0.1, -0.05) is 20.8 Å². The molecule has 102 valence electrons. The van der Waals surface area contributed by atoms with E-state index in [4.69, 9.17) is 4.74 Å². The lowest BCUT2D eigenvalue weighted by atomic mass is 9.98. The maximum absolute atomic E-state index is 5.35. The summed E-state index contributed by atoms with van der Waals surface area (Å²) in [6.45, 7) is 11.3. The minimum absolute atomic E-state index is 0.590. The summed E-state index contributed by atoms with van der Waals surface area (Å²) in [5.41, 5.74) is 0. The van der Waals surface area contributed by atoms with Crippen LogP contribution in [0.5, 0.6) is 0 Å². The second kappa shape index (κ2) is 8.06. The van der Waals surface area contributed by atoms with Crippen LogP contribution in [0.3, 0.4) is 0 Å².